The van der Waals surface area contributed by atoms with Crippen molar-refractivity contribution >= 4 is 23.2 Å². The molecule has 0 saturated carbocycles. The molecule has 0 radical (unpaired) electrons. The van der Waals surface area contributed by atoms with E-state index in [9.17, 15) is 18.4 Å². The van der Waals surface area contributed by atoms with Gasteiger partial charge in [0.2, 0.25) is 11.8 Å². The molecule has 0 aromatic heterocycles. The SMILES string of the molecule is COc1cccc(N2CC(C(=O)Nc3ccc(F)cc3F)CC2=O)c1. The van der Waals surface area contributed by atoms with Crippen LogP contribution < -0.4 is 15.0 Å². The Balaban J connectivity index is 1.72. The van der Waals surface area contributed by atoms with Gasteiger partial charge in [-0.1, -0.05) is 6.07 Å². The molecule has 5 nitrogen and oxygen atoms in total. The average Bonchev–Trinajstić information content (AvgIpc) is 2.99. The monoisotopic (exact) mass is 346 g/mol. The standard InChI is InChI=1S/C18H16F2N2O3/c1-25-14-4-2-3-13(9-14)22-10-11(7-17(22)23)18(24)21-16-6-5-12(19)8-15(16)20/h2-6,8-9,11H,7,10H2,1H3,(H,21,24). The molecule has 7 heteroatoms. The van der Waals surface area contributed by atoms with Gasteiger partial charge in [-0.2, -0.15) is 0 Å². The second kappa shape index (κ2) is 6.88. The van der Waals surface area contributed by atoms with E-state index in [4.69, 9.17) is 4.74 Å². The van der Waals surface area contributed by atoms with E-state index in [0.29, 0.717) is 17.5 Å². The van der Waals surface area contributed by atoms with Crippen molar-refractivity contribution < 1.29 is 23.1 Å². The molecule has 2 aromatic carbocycles. The molecule has 130 valence electrons. The highest BCUT2D eigenvalue weighted by Gasteiger charge is 2.35. The molecule has 0 bridgehead atoms. The summed E-state index contributed by atoms with van der Waals surface area (Å²) in [6.07, 6.45) is 0.0197. The highest BCUT2D eigenvalue weighted by Crippen LogP contribution is 2.28. The fourth-order valence-corrected chi connectivity index (χ4v) is 2.74. The first-order valence-electron chi connectivity index (χ1n) is 7.68. The maximum absolute atomic E-state index is 13.7. The maximum Gasteiger partial charge on any atom is 0.229 e. The van der Waals surface area contributed by atoms with E-state index in [-0.39, 0.29) is 24.6 Å². The molecule has 1 saturated heterocycles. The molecule has 25 heavy (non-hydrogen) atoms. The van der Waals surface area contributed by atoms with Crippen LogP contribution in [0.4, 0.5) is 20.2 Å². The van der Waals surface area contributed by atoms with Gasteiger partial charge < -0.3 is 15.0 Å². The Morgan fingerprint density at radius 1 is 1.24 bits per heavy atom. The quantitative estimate of drug-likeness (QED) is 0.926. The molecule has 2 amide bonds. The number of hydrogen-bond acceptors (Lipinski definition) is 3. The van der Waals surface area contributed by atoms with Gasteiger partial charge in [0.15, 0.2) is 0 Å². The van der Waals surface area contributed by atoms with Crippen molar-refractivity contribution in [1.29, 1.82) is 0 Å². The molecule has 1 heterocycles. The van der Waals surface area contributed by atoms with Crippen molar-refractivity contribution in [3.8, 4) is 5.75 Å². The maximum atomic E-state index is 13.7. The molecule has 0 aliphatic carbocycles. The number of hydrogen-bond donors (Lipinski definition) is 1. The number of carbonyl (C=O) groups is 2. The third-order valence-electron chi connectivity index (χ3n) is 4.05. The number of methoxy groups -OCH3 is 1. The van der Waals surface area contributed by atoms with E-state index in [1.165, 1.54) is 12.0 Å². The highest BCUT2D eigenvalue weighted by atomic mass is 19.1. The first-order valence-corrected chi connectivity index (χ1v) is 7.68. The Kier molecular flexibility index (Phi) is 4.65. The number of nitrogens with one attached hydrogen (secondary N) is 1. The zero-order chi connectivity index (χ0) is 18.0. The predicted molar refractivity (Wildman–Crippen MR) is 88.4 cm³/mol. The van der Waals surface area contributed by atoms with Crippen LogP contribution in [0.1, 0.15) is 6.42 Å². The third-order valence-corrected chi connectivity index (χ3v) is 4.05. The molecule has 1 aliphatic rings. The summed E-state index contributed by atoms with van der Waals surface area (Å²) in [6.45, 7) is 0.181. The normalized spacial score (nSPS) is 16.8. The number of halogens is 2. The van der Waals surface area contributed by atoms with Crippen LogP contribution in [-0.2, 0) is 9.59 Å². The molecule has 1 fully saturated rings. The summed E-state index contributed by atoms with van der Waals surface area (Å²) in [7, 11) is 1.53. The summed E-state index contributed by atoms with van der Waals surface area (Å²) in [6, 6.07) is 9.87. The summed E-state index contributed by atoms with van der Waals surface area (Å²) in [5.41, 5.74) is 0.520. The summed E-state index contributed by atoms with van der Waals surface area (Å²) in [5, 5.41) is 2.41. The lowest BCUT2D eigenvalue weighted by atomic mass is 10.1. The van der Waals surface area contributed by atoms with Crippen LogP contribution >= 0.6 is 0 Å². The molecular formula is C18H16F2N2O3. The van der Waals surface area contributed by atoms with Crippen molar-refractivity contribution in [3.63, 3.8) is 0 Å². The molecule has 1 aliphatic heterocycles. The van der Waals surface area contributed by atoms with Gasteiger partial charge in [0.25, 0.3) is 0 Å². The number of benzene rings is 2. The minimum atomic E-state index is -0.859. The molecule has 2 aromatic rings. The van der Waals surface area contributed by atoms with Gasteiger partial charge in [-0.05, 0) is 24.3 Å². The number of carbonyl (C=O) groups excluding carboxylic acids is 2. The van der Waals surface area contributed by atoms with Gasteiger partial charge in [-0.25, -0.2) is 8.78 Å². The van der Waals surface area contributed by atoms with Crippen LogP contribution in [-0.4, -0.2) is 25.5 Å². The van der Waals surface area contributed by atoms with Gasteiger partial charge in [0, 0.05) is 30.8 Å². The zero-order valence-corrected chi connectivity index (χ0v) is 13.5. The van der Waals surface area contributed by atoms with Crippen molar-refractivity contribution in [2.75, 3.05) is 23.9 Å². The van der Waals surface area contributed by atoms with E-state index < -0.39 is 23.5 Å². The van der Waals surface area contributed by atoms with E-state index >= 15 is 0 Å². The Bertz CT molecular complexity index is 826. The summed E-state index contributed by atoms with van der Waals surface area (Å²) >= 11 is 0. The lowest BCUT2D eigenvalue weighted by Crippen LogP contribution is -2.28. The number of anilines is 2. The minimum Gasteiger partial charge on any atom is -0.497 e. The summed E-state index contributed by atoms with van der Waals surface area (Å²) < 4.78 is 31.7. The van der Waals surface area contributed by atoms with Crippen LogP contribution in [0.15, 0.2) is 42.5 Å². The van der Waals surface area contributed by atoms with Crippen molar-refractivity contribution in [3.05, 3.63) is 54.1 Å². The lowest BCUT2D eigenvalue weighted by molar-refractivity contribution is -0.122. The van der Waals surface area contributed by atoms with Crippen molar-refractivity contribution in [1.82, 2.24) is 0 Å². The molecule has 1 N–H and O–H groups in total. The van der Waals surface area contributed by atoms with Gasteiger partial charge >= 0.3 is 0 Å². The lowest BCUT2D eigenvalue weighted by Gasteiger charge is -2.17. The number of ether oxygens (including phenoxy) is 1. The molecule has 1 atom stereocenters. The van der Waals surface area contributed by atoms with Crippen LogP contribution in [0.5, 0.6) is 5.75 Å². The Morgan fingerprint density at radius 3 is 2.76 bits per heavy atom. The van der Waals surface area contributed by atoms with E-state index in [1.54, 1.807) is 24.3 Å². The van der Waals surface area contributed by atoms with E-state index in [0.717, 1.165) is 12.1 Å². The second-order valence-electron chi connectivity index (χ2n) is 5.72. The smallest absolute Gasteiger partial charge is 0.229 e. The Labute approximate surface area is 143 Å². The van der Waals surface area contributed by atoms with Gasteiger partial charge in [-0.15, -0.1) is 0 Å². The van der Waals surface area contributed by atoms with Crippen LogP contribution in [0.2, 0.25) is 0 Å². The van der Waals surface area contributed by atoms with Crippen LogP contribution in [0, 0.1) is 17.6 Å². The first kappa shape index (κ1) is 16.9. The fraction of sp³-hybridized carbons (Fsp3) is 0.222. The fourth-order valence-electron chi connectivity index (χ4n) is 2.74. The van der Waals surface area contributed by atoms with Crippen LogP contribution in [0.25, 0.3) is 0 Å². The topological polar surface area (TPSA) is 58.6 Å². The largest absolute Gasteiger partial charge is 0.497 e. The minimum absolute atomic E-state index is 0.0197. The van der Waals surface area contributed by atoms with E-state index in [1.807, 2.05) is 0 Å². The highest BCUT2D eigenvalue weighted by molar-refractivity contribution is 6.03. The number of amides is 2. The average molecular weight is 346 g/mol. The number of nitrogens with zero attached hydrogens (tertiary/aromatic N) is 1. The number of rotatable bonds is 4. The van der Waals surface area contributed by atoms with Crippen LogP contribution in [0.3, 0.4) is 0 Å². The first-order chi connectivity index (χ1) is 12.0. The second-order valence-corrected chi connectivity index (χ2v) is 5.72. The predicted octanol–water partition coefficient (Wildman–Crippen LogP) is 2.97. The zero-order valence-electron chi connectivity index (χ0n) is 13.5. The van der Waals surface area contributed by atoms with E-state index in [2.05, 4.69) is 5.32 Å². The third kappa shape index (κ3) is 3.60. The summed E-state index contributed by atoms with van der Waals surface area (Å²) in [5.74, 6) is -2.29. The molecule has 1 unspecified atom stereocenters. The van der Waals surface area contributed by atoms with Crippen molar-refractivity contribution in [2.24, 2.45) is 5.92 Å². The molecule has 0 spiro atoms. The molecular weight excluding hydrogens is 330 g/mol. The Hall–Kier alpha value is -2.96. The Morgan fingerprint density at radius 2 is 2.04 bits per heavy atom. The van der Waals surface area contributed by atoms with Gasteiger partial charge in [-0.3, -0.25) is 9.59 Å². The van der Waals surface area contributed by atoms with Gasteiger partial charge in [0.05, 0.1) is 18.7 Å². The summed E-state index contributed by atoms with van der Waals surface area (Å²) in [4.78, 5) is 26.1. The van der Waals surface area contributed by atoms with Crippen molar-refractivity contribution in [2.45, 2.75) is 6.42 Å². The molecule has 3 rings (SSSR count). The van der Waals surface area contributed by atoms with Gasteiger partial charge in [0.1, 0.15) is 17.4 Å².